The minimum Gasteiger partial charge on any atom is -0.346 e. The molecule has 3 heterocycles. The van der Waals surface area contributed by atoms with Crippen molar-refractivity contribution in [3.8, 4) is 0 Å². The van der Waals surface area contributed by atoms with E-state index in [1.165, 1.54) is 0 Å². The highest BCUT2D eigenvalue weighted by atomic mass is 16.1. The van der Waals surface area contributed by atoms with E-state index in [0.717, 1.165) is 25.3 Å². The molecular formula is C10H14N4O. The smallest absolute Gasteiger partial charge is 0.217 e. The Balaban J connectivity index is 1.94. The Morgan fingerprint density at radius 2 is 2.53 bits per heavy atom. The van der Waals surface area contributed by atoms with Crippen LogP contribution in [-0.2, 0) is 10.3 Å². The summed E-state index contributed by atoms with van der Waals surface area (Å²) in [5.41, 5.74) is 0.166. The van der Waals surface area contributed by atoms with E-state index in [2.05, 4.69) is 20.2 Å². The monoisotopic (exact) mass is 206 g/mol. The van der Waals surface area contributed by atoms with Gasteiger partial charge in [-0.3, -0.25) is 4.79 Å². The zero-order chi connectivity index (χ0) is 10.5. The van der Waals surface area contributed by atoms with Crippen LogP contribution in [-0.4, -0.2) is 28.5 Å². The lowest BCUT2D eigenvalue weighted by molar-refractivity contribution is -0.119. The van der Waals surface area contributed by atoms with Crippen molar-refractivity contribution in [2.75, 3.05) is 13.1 Å². The van der Waals surface area contributed by atoms with Crippen molar-refractivity contribution in [2.24, 2.45) is 0 Å². The highest BCUT2D eigenvalue weighted by Gasteiger charge is 2.48. The van der Waals surface area contributed by atoms with Gasteiger partial charge in [-0.15, -0.1) is 0 Å². The van der Waals surface area contributed by atoms with Crippen molar-refractivity contribution in [3.05, 3.63) is 18.2 Å². The average molecular weight is 206 g/mol. The fraction of sp³-hybridized carbons (Fsp3) is 0.600. The lowest BCUT2D eigenvalue weighted by Gasteiger charge is -2.40. The number of aromatic nitrogens is 2. The van der Waals surface area contributed by atoms with E-state index in [4.69, 9.17) is 0 Å². The summed E-state index contributed by atoms with van der Waals surface area (Å²) in [4.78, 5) is 15.4. The number of carbonyl (C=O) groups excluding carboxylic acids is 1. The first-order valence-electron chi connectivity index (χ1n) is 5.23. The molecule has 0 aromatic carbocycles. The number of nitrogens with one attached hydrogen (secondary N) is 2. The fourth-order valence-electron chi connectivity index (χ4n) is 2.63. The van der Waals surface area contributed by atoms with E-state index in [9.17, 15) is 4.79 Å². The Morgan fingerprint density at radius 3 is 3.13 bits per heavy atom. The molecule has 2 N–H and O–H groups in total. The Morgan fingerprint density at radius 1 is 1.73 bits per heavy atom. The number of hydrogen-bond donors (Lipinski definition) is 2. The van der Waals surface area contributed by atoms with Gasteiger partial charge in [-0.1, -0.05) is 0 Å². The van der Waals surface area contributed by atoms with E-state index >= 15 is 0 Å². The van der Waals surface area contributed by atoms with Crippen molar-refractivity contribution in [2.45, 2.75) is 24.9 Å². The lowest BCUT2D eigenvalue weighted by atomic mass is 9.88. The standard InChI is InChI=1S/C10H14N4O/c1-7(15)13-8-4-10(5-11-6-10)14-3-2-12-9(8)14/h2-3,8,11H,4-6H2,1H3,(H,13,15). The van der Waals surface area contributed by atoms with Gasteiger partial charge < -0.3 is 15.2 Å². The van der Waals surface area contributed by atoms with Crippen LogP contribution in [0.25, 0.3) is 0 Å². The van der Waals surface area contributed by atoms with Crippen molar-refractivity contribution in [1.29, 1.82) is 0 Å². The van der Waals surface area contributed by atoms with Crippen LogP contribution in [0.1, 0.15) is 25.2 Å². The number of hydrogen-bond acceptors (Lipinski definition) is 3. The van der Waals surface area contributed by atoms with Crippen LogP contribution in [0, 0.1) is 0 Å². The molecule has 1 atom stereocenters. The summed E-state index contributed by atoms with van der Waals surface area (Å²) in [7, 11) is 0. The van der Waals surface area contributed by atoms with Crippen LogP contribution < -0.4 is 10.6 Å². The molecule has 1 aromatic heterocycles. The predicted octanol–water partition coefficient (Wildman–Crippen LogP) is -0.237. The van der Waals surface area contributed by atoms with Gasteiger partial charge in [0.15, 0.2) is 0 Å². The van der Waals surface area contributed by atoms with Crippen LogP contribution in [0.4, 0.5) is 0 Å². The van der Waals surface area contributed by atoms with Gasteiger partial charge in [0.1, 0.15) is 5.82 Å². The van der Waals surface area contributed by atoms with Gasteiger partial charge in [0.05, 0.1) is 11.6 Å². The van der Waals surface area contributed by atoms with E-state index in [0.29, 0.717) is 0 Å². The molecule has 0 bridgehead atoms. The summed E-state index contributed by atoms with van der Waals surface area (Å²) in [6, 6.07) is 0.0830. The molecule has 1 saturated heterocycles. The van der Waals surface area contributed by atoms with Gasteiger partial charge in [0.2, 0.25) is 5.91 Å². The van der Waals surface area contributed by atoms with Gasteiger partial charge in [-0.25, -0.2) is 4.98 Å². The minimum absolute atomic E-state index is 0.0129. The second-order valence-corrected chi connectivity index (χ2v) is 4.44. The molecule has 1 amide bonds. The fourth-order valence-corrected chi connectivity index (χ4v) is 2.63. The van der Waals surface area contributed by atoms with Crippen LogP contribution in [0.2, 0.25) is 0 Å². The SMILES string of the molecule is CC(=O)NC1CC2(CNC2)n2ccnc21. The van der Waals surface area contributed by atoms with E-state index < -0.39 is 0 Å². The van der Waals surface area contributed by atoms with Crippen LogP contribution >= 0.6 is 0 Å². The maximum absolute atomic E-state index is 11.1. The summed E-state index contributed by atoms with van der Waals surface area (Å²) in [6.45, 7) is 3.51. The quantitative estimate of drug-likeness (QED) is 0.667. The molecule has 0 aliphatic carbocycles. The van der Waals surface area contributed by atoms with E-state index in [-0.39, 0.29) is 17.5 Å². The molecular weight excluding hydrogens is 192 g/mol. The summed E-state index contributed by atoms with van der Waals surface area (Å²) >= 11 is 0. The van der Waals surface area contributed by atoms with Crippen molar-refractivity contribution in [3.63, 3.8) is 0 Å². The maximum atomic E-state index is 11.1. The molecule has 1 unspecified atom stereocenters. The van der Waals surface area contributed by atoms with Gasteiger partial charge in [-0.2, -0.15) is 0 Å². The summed E-state index contributed by atoms with van der Waals surface area (Å²) in [6.07, 6.45) is 4.78. The first-order valence-corrected chi connectivity index (χ1v) is 5.23. The largest absolute Gasteiger partial charge is 0.346 e. The molecule has 80 valence electrons. The summed E-state index contributed by atoms with van der Waals surface area (Å²) in [5.74, 6) is 1.01. The second kappa shape index (κ2) is 2.82. The highest BCUT2D eigenvalue weighted by Crippen LogP contribution is 2.40. The Kier molecular flexibility index (Phi) is 1.68. The van der Waals surface area contributed by atoms with E-state index in [1.54, 1.807) is 6.92 Å². The zero-order valence-corrected chi connectivity index (χ0v) is 8.66. The number of rotatable bonds is 1. The van der Waals surface area contributed by atoms with Crippen LogP contribution in [0.15, 0.2) is 12.4 Å². The predicted molar refractivity (Wildman–Crippen MR) is 54.2 cm³/mol. The molecule has 2 aliphatic heterocycles. The Hall–Kier alpha value is -1.36. The molecule has 0 saturated carbocycles. The topological polar surface area (TPSA) is 59.0 Å². The molecule has 1 fully saturated rings. The second-order valence-electron chi connectivity index (χ2n) is 4.44. The first-order chi connectivity index (χ1) is 7.21. The third-order valence-corrected chi connectivity index (χ3v) is 3.36. The molecule has 1 spiro atoms. The molecule has 15 heavy (non-hydrogen) atoms. The first kappa shape index (κ1) is 8.91. The maximum Gasteiger partial charge on any atom is 0.217 e. The molecule has 2 aliphatic rings. The third-order valence-electron chi connectivity index (χ3n) is 3.36. The van der Waals surface area contributed by atoms with Crippen molar-refractivity contribution >= 4 is 5.91 Å². The molecule has 3 rings (SSSR count). The molecule has 5 heteroatoms. The zero-order valence-electron chi connectivity index (χ0n) is 8.66. The third kappa shape index (κ3) is 1.13. The average Bonchev–Trinajstić information content (AvgIpc) is 2.63. The van der Waals surface area contributed by atoms with Gasteiger partial charge in [0.25, 0.3) is 0 Å². The number of fused-ring (bicyclic) bond motifs is 2. The van der Waals surface area contributed by atoms with Gasteiger partial charge in [-0.05, 0) is 0 Å². The normalized spacial score (nSPS) is 26.1. The van der Waals surface area contributed by atoms with Gasteiger partial charge in [0, 0.05) is 38.8 Å². The Labute approximate surface area is 87.9 Å². The van der Waals surface area contributed by atoms with Gasteiger partial charge >= 0.3 is 0 Å². The number of imidazole rings is 1. The minimum atomic E-state index is 0.0129. The van der Waals surface area contributed by atoms with Crippen molar-refractivity contribution in [1.82, 2.24) is 20.2 Å². The summed E-state index contributed by atoms with van der Waals surface area (Å²) < 4.78 is 2.21. The number of carbonyl (C=O) groups is 1. The van der Waals surface area contributed by atoms with Crippen molar-refractivity contribution < 1.29 is 4.79 Å². The summed E-state index contributed by atoms with van der Waals surface area (Å²) in [5, 5.41) is 6.24. The number of amides is 1. The number of nitrogens with zero attached hydrogens (tertiary/aromatic N) is 2. The molecule has 5 nitrogen and oxygen atoms in total. The Bertz CT molecular complexity index is 407. The highest BCUT2D eigenvalue weighted by molar-refractivity contribution is 5.73. The van der Waals surface area contributed by atoms with Crippen LogP contribution in [0.5, 0.6) is 0 Å². The molecule has 1 aromatic rings. The lowest BCUT2D eigenvalue weighted by Crippen LogP contribution is -2.58. The molecule has 0 radical (unpaired) electrons. The van der Waals surface area contributed by atoms with Crippen LogP contribution in [0.3, 0.4) is 0 Å². The van der Waals surface area contributed by atoms with E-state index in [1.807, 2.05) is 12.4 Å².